The van der Waals surface area contributed by atoms with E-state index >= 15 is 0 Å². The molecule has 1 aromatic carbocycles. The van der Waals surface area contributed by atoms with E-state index in [0.29, 0.717) is 24.3 Å². The number of hydrogen-bond acceptors (Lipinski definition) is 3. The first-order chi connectivity index (χ1) is 14.0. The minimum atomic E-state index is -0.683. The van der Waals surface area contributed by atoms with E-state index in [1.54, 1.807) is 7.11 Å². The summed E-state index contributed by atoms with van der Waals surface area (Å²) in [6.07, 6.45) is 12.8. The van der Waals surface area contributed by atoms with E-state index < -0.39 is 5.97 Å². The third-order valence-electron chi connectivity index (χ3n) is 4.75. The smallest absolute Gasteiger partial charge is 0.303 e. The van der Waals surface area contributed by atoms with Crippen LogP contribution in [-0.2, 0) is 22.6 Å². The number of ether oxygens (including phenoxy) is 1. The highest BCUT2D eigenvalue weighted by Crippen LogP contribution is 2.30. The fourth-order valence-corrected chi connectivity index (χ4v) is 4.48. The standard InChI is InChI=1S/C17H23ClO.C7H14O2S/c1-19-13-16-8-4-7-14(11-16)5-2-3-6-15-9-10-17(18)12-15;1-2-5-10-6-3-4-7(8)9/h3-4,6-8,11,15,17H,2,5,9-10,12-13H2,1H3;2-6H2,1H3,(H,8,9)/b6-3+;/t15-,17+;/m0./s1. The summed E-state index contributed by atoms with van der Waals surface area (Å²) in [6.45, 7) is 2.83. The van der Waals surface area contributed by atoms with E-state index in [0.717, 1.165) is 37.2 Å². The van der Waals surface area contributed by atoms with E-state index in [1.165, 1.54) is 30.4 Å². The van der Waals surface area contributed by atoms with Crippen molar-refractivity contribution >= 4 is 29.3 Å². The Bertz CT molecular complexity index is 591. The molecule has 1 fully saturated rings. The number of carbonyl (C=O) groups is 1. The number of methoxy groups -OCH3 is 1. The average molecular weight is 441 g/mol. The lowest BCUT2D eigenvalue weighted by Gasteiger charge is -2.04. The minimum Gasteiger partial charge on any atom is -0.481 e. The molecule has 1 saturated carbocycles. The van der Waals surface area contributed by atoms with Gasteiger partial charge in [-0.05, 0) is 73.5 Å². The van der Waals surface area contributed by atoms with Crippen molar-refractivity contribution in [2.45, 2.75) is 70.3 Å². The average Bonchev–Trinajstić information content (AvgIpc) is 3.11. The summed E-state index contributed by atoms with van der Waals surface area (Å²) in [5.41, 5.74) is 2.64. The van der Waals surface area contributed by atoms with E-state index in [2.05, 4.69) is 43.3 Å². The van der Waals surface area contributed by atoms with Crippen LogP contribution < -0.4 is 0 Å². The second-order valence-corrected chi connectivity index (χ2v) is 9.34. The zero-order valence-corrected chi connectivity index (χ0v) is 19.5. The van der Waals surface area contributed by atoms with E-state index in [-0.39, 0.29) is 0 Å². The van der Waals surface area contributed by atoms with Crippen molar-refractivity contribution in [1.82, 2.24) is 0 Å². The summed E-state index contributed by atoms with van der Waals surface area (Å²) in [6, 6.07) is 8.66. The van der Waals surface area contributed by atoms with Crippen LogP contribution in [0.2, 0.25) is 0 Å². The second-order valence-electron chi connectivity index (χ2n) is 7.50. The number of rotatable bonds is 12. The Morgan fingerprint density at radius 1 is 1.31 bits per heavy atom. The number of hydrogen-bond donors (Lipinski definition) is 1. The maximum atomic E-state index is 10.0. The predicted molar refractivity (Wildman–Crippen MR) is 126 cm³/mol. The van der Waals surface area contributed by atoms with Gasteiger partial charge in [-0.1, -0.05) is 43.3 Å². The van der Waals surface area contributed by atoms with Crippen molar-refractivity contribution < 1.29 is 14.6 Å². The summed E-state index contributed by atoms with van der Waals surface area (Å²) in [4.78, 5) is 10.0. The minimum absolute atomic E-state index is 0.316. The van der Waals surface area contributed by atoms with E-state index in [4.69, 9.17) is 21.4 Å². The Balaban J connectivity index is 0.000000359. The van der Waals surface area contributed by atoms with Gasteiger partial charge in [0.15, 0.2) is 0 Å². The van der Waals surface area contributed by atoms with Crippen molar-refractivity contribution in [2.75, 3.05) is 18.6 Å². The SMILES string of the molecule is CCCSCCCC(=O)O.COCc1cccc(CC/C=C/[C@H]2CC[C@@H](Cl)C2)c1. The molecule has 1 aliphatic rings. The van der Waals surface area contributed by atoms with Gasteiger partial charge >= 0.3 is 5.97 Å². The molecule has 1 N–H and O–H groups in total. The molecule has 0 aliphatic heterocycles. The molecule has 5 heteroatoms. The van der Waals surface area contributed by atoms with Crippen molar-refractivity contribution in [3.8, 4) is 0 Å². The van der Waals surface area contributed by atoms with Crippen molar-refractivity contribution in [3.63, 3.8) is 0 Å². The van der Waals surface area contributed by atoms with Crippen molar-refractivity contribution in [3.05, 3.63) is 47.5 Å². The van der Waals surface area contributed by atoms with Gasteiger partial charge in [-0.15, -0.1) is 11.6 Å². The normalized spacial score (nSPS) is 18.6. The molecule has 2 atom stereocenters. The van der Waals surface area contributed by atoms with E-state index in [1.807, 2.05) is 11.8 Å². The van der Waals surface area contributed by atoms with Crippen molar-refractivity contribution in [2.24, 2.45) is 5.92 Å². The van der Waals surface area contributed by atoms with Crippen LogP contribution in [0.25, 0.3) is 0 Å². The molecule has 0 saturated heterocycles. The highest BCUT2D eigenvalue weighted by Gasteiger charge is 2.20. The number of thioether (sulfide) groups is 1. The first-order valence-corrected chi connectivity index (χ1v) is 12.3. The number of halogens is 1. The summed E-state index contributed by atoms with van der Waals surface area (Å²) in [7, 11) is 1.74. The summed E-state index contributed by atoms with van der Waals surface area (Å²) < 4.78 is 5.16. The predicted octanol–water partition coefficient (Wildman–Crippen LogP) is 6.72. The molecule has 2 rings (SSSR count). The first kappa shape index (κ1) is 26.1. The van der Waals surface area contributed by atoms with Gasteiger partial charge in [0, 0.05) is 18.9 Å². The van der Waals surface area contributed by atoms with Gasteiger partial charge in [-0.2, -0.15) is 11.8 Å². The summed E-state index contributed by atoms with van der Waals surface area (Å²) in [5.74, 6) is 2.17. The van der Waals surface area contributed by atoms with Crippen LogP contribution in [-0.4, -0.2) is 35.1 Å². The first-order valence-electron chi connectivity index (χ1n) is 10.7. The molecular formula is C24H37ClO3S. The number of aryl methyl sites for hydroxylation is 1. The molecule has 1 aromatic rings. The van der Waals surface area contributed by atoms with Crippen LogP contribution in [0.4, 0.5) is 0 Å². The highest BCUT2D eigenvalue weighted by atomic mass is 35.5. The Labute approximate surface area is 186 Å². The topological polar surface area (TPSA) is 46.5 Å². The third kappa shape index (κ3) is 13.8. The van der Waals surface area contributed by atoms with Gasteiger partial charge in [0.05, 0.1) is 6.61 Å². The van der Waals surface area contributed by atoms with Crippen LogP contribution in [0.3, 0.4) is 0 Å². The quantitative estimate of drug-likeness (QED) is 0.222. The number of carboxylic acid groups (broad SMARTS) is 1. The summed E-state index contributed by atoms with van der Waals surface area (Å²) in [5, 5.41) is 8.66. The van der Waals surface area contributed by atoms with Gasteiger partial charge in [-0.25, -0.2) is 0 Å². The van der Waals surface area contributed by atoms with Crippen molar-refractivity contribution in [1.29, 1.82) is 0 Å². The zero-order chi connectivity index (χ0) is 21.3. The summed E-state index contributed by atoms with van der Waals surface area (Å²) >= 11 is 7.95. The van der Waals surface area contributed by atoms with Crippen LogP contribution >= 0.6 is 23.4 Å². The molecule has 0 heterocycles. The molecule has 0 bridgehead atoms. The molecule has 29 heavy (non-hydrogen) atoms. The van der Waals surface area contributed by atoms with Gasteiger partial charge in [0.1, 0.15) is 0 Å². The maximum Gasteiger partial charge on any atom is 0.303 e. The lowest BCUT2D eigenvalue weighted by Crippen LogP contribution is -1.94. The van der Waals surface area contributed by atoms with E-state index in [9.17, 15) is 4.79 Å². The Hall–Kier alpha value is -0.970. The molecule has 1 aliphatic carbocycles. The third-order valence-corrected chi connectivity index (χ3v) is 6.42. The van der Waals surface area contributed by atoms with Crippen LogP contribution in [0.15, 0.2) is 36.4 Å². The molecule has 164 valence electrons. The molecule has 0 unspecified atom stereocenters. The Morgan fingerprint density at radius 2 is 2.10 bits per heavy atom. The zero-order valence-electron chi connectivity index (χ0n) is 17.9. The fourth-order valence-electron chi connectivity index (χ4n) is 3.29. The monoisotopic (exact) mass is 440 g/mol. The number of alkyl halides is 1. The van der Waals surface area contributed by atoms with Gasteiger partial charge in [0.25, 0.3) is 0 Å². The lowest BCUT2D eigenvalue weighted by atomic mass is 10.0. The van der Waals surface area contributed by atoms with Gasteiger partial charge < -0.3 is 9.84 Å². The number of aliphatic carboxylic acids is 1. The molecule has 0 amide bonds. The molecular weight excluding hydrogens is 404 g/mol. The molecule has 0 spiro atoms. The maximum absolute atomic E-state index is 10.0. The second kappa shape index (κ2) is 16.8. The Kier molecular flexibility index (Phi) is 15.1. The molecule has 0 radical (unpaired) electrons. The van der Waals surface area contributed by atoms with Crippen LogP contribution in [0.5, 0.6) is 0 Å². The number of carboxylic acids is 1. The number of benzene rings is 1. The van der Waals surface area contributed by atoms with Gasteiger partial charge in [-0.3, -0.25) is 4.79 Å². The Morgan fingerprint density at radius 3 is 2.76 bits per heavy atom. The largest absolute Gasteiger partial charge is 0.481 e. The van der Waals surface area contributed by atoms with Crippen LogP contribution in [0, 0.1) is 5.92 Å². The fraction of sp³-hybridized carbons (Fsp3) is 0.625. The lowest BCUT2D eigenvalue weighted by molar-refractivity contribution is -0.137. The number of allylic oxidation sites excluding steroid dienone is 2. The highest BCUT2D eigenvalue weighted by molar-refractivity contribution is 7.99. The van der Waals surface area contributed by atoms with Gasteiger partial charge in [0.2, 0.25) is 0 Å². The molecule has 3 nitrogen and oxygen atoms in total. The van der Waals surface area contributed by atoms with Crippen LogP contribution in [0.1, 0.15) is 63.0 Å². The molecule has 0 aromatic heterocycles.